The van der Waals surface area contributed by atoms with Crippen LogP contribution in [0.1, 0.15) is 11.4 Å². The van der Waals surface area contributed by atoms with Crippen LogP contribution in [0.4, 0.5) is 0 Å². The highest BCUT2D eigenvalue weighted by Gasteiger charge is 2.13. The number of hydrazine groups is 1. The average Bonchev–Trinajstić information content (AvgIpc) is 3.19. The zero-order valence-electron chi connectivity index (χ0n) is 14.9. The first-order valence-electron chi connectivity index (χ1n) is 8.05. The third-order valence-corrected chi connectivity index (χ3v) is 3.77. The predicted octanol–water partition coefficient (Wildman–Crippen LogP) is 0.583. The van der Waals surface area contributed by atoms with E-state index >= 15 is 0 Å². The van der Waals surface area contributed by atoms with Crippen molar-refractivity contribution in [3.63, 3.8) is 0 Å². The van der Waals surface area contributed by atoms with E-state index in [9.17, 15) is 5.11 Å². The summed E-state index contributed by atoms with van der Waals surface area (Å²) in [5.41, 5.74) is 7.96. The number of nitrogens with zero attached hydrogens (tertiary/aromatic N) is 6. The number of ether oxygens (including phenoxy) is 1. The first-order chi connectivity index (χ1) is 13.0. The molecule has 0 fully saturated rings. The molecule has 3 aromatic rings. The first kappa shape index (κ1) is 18.1. The molecular formula is C17H20N8O2. The lowest BCUT2D eigenvalue weighted by Crippen LogP contribution is -2.31. The Labute approximate surface area is 155 Å². The van der Waals surface area contributed by atoms with E-state index in [1.165, 1.54) is 11.1 Å². The third kappa shape index (κ3) is 4.12. The van der Waals surface area contributed by atoms with E-state index in [0.717, 1.165) is 0 Å². The molecular weight excluding hydrogens is 348 g/mol. The maximum Gasteiger partial charge on any atom is 0.318 e. The SMILES string of the molecule is Cc1nc(/C(N)=C(\COc2nccc(-n3cccn3)n2)N(C)N)ccc1O. The molecule has 0 atom stereocenters. The molecule has 0 saturated carbocycles. The number of pyridine rings is 1. The molecule has 3 rings (SSSR count). The van der Waals surface area contributed by atoms with Crippen LogP contribution in [0.25, 0.3) is 11.5 Å². The van der Waals surface area contributed by atoms with Gasteiger partial charge in [-0.15, -0.1) is 0 Å². The minimum atomic E-state index is 0.0308. The fourth-order valence-electron chi connectivity index (χ4n) is 2.29. The normalized spacial score (nSPS) is 11.8. The molecule has 0 aromatic carbocycles. The van der Waals surface area contributed by atoms with Crippen molar-refractivity contribution in [1.82, 2.24) is 29.7 Å². The van der Waals surface area contributed by atoms with Crippen molar-refractivity contribution in [3.05, 3.63) is 59.9 Å². The van der Waals surface area contributed by atoms with Gasteiger partial charge in [-0.2, -0.15) is 10.1 Å². The Morgan fingerprint density at radius 1 is 1.26 bits per heavy atom. The van der Waals surface area contributed by atoms with Crippen molar-refractivity contribution < 1.29 is 9.84 Å². The Balaban J connectivity index is 1.83. The highest BCUT2D eigenvalue weighted by molar-refractivity contribution is 5.63. The first-order valence-corrected chi connectivity index (χ1v) is 8.05. The van der Waals surface area contributed by atoms with E-state index in [1.54, 1.807) is 55.4 Å². The molecule has 0 aliphatic heterocycles. The van der Waals surface area contributed by atoms with Crippen LogP contribution in [0.5, 0.6) is 11.8 Å². The van der Waals surface area contributed by atoms with Crippen LogP contribution in [-0.2, 0) is 0 Å². The molecule has 0 amide bonds. The van der Waals surface area contributed by atoms with Crippen molar-refractivity contribution in [2.24, 2.45) is 11.6 Å². The van der Waals surface area contributed by atoms with Gasteiger partial charge >= 0.3 is 6.01 Å². The largest absolute Gasteiger partial charge is 0.506 e. The third-order valence-electron chi connectivity index (χ3n) is 3.77. The Kier molecular flexibility index (Phi) is 5.18. The van der Waals surface area contributed by atoms with Crippen molar-refractivity contribution in [2.45, 2.75) is 6.92 Å². The van der Waals surface area contributed by atoms with E-state index in [1.807, 2.05) is 0 Å². The van der Waals surface area contributed by atoms with Crippen molar-refractivity contribution in [2.75, 3.05) is 13.7 Å². The summed E-state index contributed by atoms with van der Waals surface area (Å²) < 4.78 is 7.26. The van der Waals surface area contributed by atoms with Crippen LogP contribution in [0.3, 0.4) is 0 Å². The van der Waals surface area contributed by atoms with Gasteiger partial charge in [0, 0.05) is 31.7 Å². The van der Waals surface area contributed by atoms with E-state index in [4.69, 9.17) is 16.3 Å². The van der Waals surface area contributed by atoms with Crippen molar-refractivity contribution >= 4 is 5.70 Å². The second-order valence-corrected chi connectivity index (χ2v) is 5.71. The number of hydrogen-bond acceptors (Lipinski definition) is 9. The van der Waals surface area contributed by atoms with Crippen LogP contribution in [0.2, 0.25) is 0 Å². The van der Waals surface area contributed by atoms with Gasteiger partial charge in [0.05, 0.1) is 22.8 Å². The summed E-state index contributed by atoms with van der Waals surface area (Å²) in [4.78, 5) is 12.7. The summed E-state index contributed by atoms with van der Waals surface area (Å²) >= 11 is 0. The van der Waals surface area contributed by atoms with E-state index in [-0.39, 0.29) is 18.4 Å². The Hall–Kier alpha value is -3.66. The number of aromatic nitrogens is 5. The van der Waals surface area contributed by atoms with Crippen LogP contribution in [-0.4, -0.2) is 48.5 Å². The van der Waals surface area contributed by atoms with E-state index in [0.29, 0.717) is 28.6 Å². The molecule has 10 nitrogen and oxygen atoms in total. The predicted molar refractivity (Wildman–Crippen MR) is 98.3 cm³/mol. The summed E-state index contributed by atoms with van der Waals surface area (Å²) in [5.74, 6) is 6.56. The standard InChI is InChI=1S/C17H20N8O2/c1-11-14(26)5-4-12(22-11)16(18)13(24(2)19)10-27-17-20-8-6-15(23-17)25-9-3-7-21-25/h3-9,26H,10,18-19H2,1-2H3/b16-13-. The monoisotopic (exact) mass is 368 g/mol. The lowest BCUT2D eigenvalue weighted by atomic mass is 10.2. The zero-order valence-corrected chi connectivity index (χ0v) is 14.9. The molecule has 0 bridgehead atoms. The number of aryl methyl sites for hydroxylation is 1. The van der Waals surface area contributed by atoms with Crippen molar-refractivity contribution in [1.29, 1.82) is 0 Å². The molecule has 0 unspecified atom stereocenters. The highest BCUT2D eigenvalue weighted by Crippen LogP contribution is 2.19. The lowest BCUT2D eigenvalue weighted by molar-refractivity contribution is 0.277. The maximum atomic E-state index is 9.63. The Morgan fingerprint density at radius 3 is 2.74 bits per heavy atom. The van der Waals surface area contributed by atoms with E-state index in [2.05, 4.69) is 20.1 Å². The molecule has 0 radical (unpaired) electrons. The number of likely N-dealkylation sites (N-methyl/N-ethyl adjacent to an activating group) is 1. The van der Waals surface area contributed by atoms with Gasteiger partial charge in [-0.05, 0) is 25.1 Å². The summed E-state index contributed by atoms with van der Waals surface area (Å²) in [5, 5.41) is 15.1. The molecule has 3 heterocycles. The van der Waals surface area contributed by atoms with Crippen LogP contribution in [0, 0.1) is 6.92 Å². The van der Waals surface area contributed by atoms with E-state index < -0.39 is 0 Å². The quantitative estimate of drug-likeness (QED) is 0.421. The number of hydrogen-bond donors (Lipinski definition) is 3. The van der Waals surface area contributed by atoms with Gasteiger partial charge in [-0.25, -0.2) is 20.5 Å². The van der Waals surface area contributed by atoms with Gasteiger partial charge in [0.25, 0.3) is 0 Å². The molecule has 140 valence electrons. The van der Waals surface area contributed by atoms with Crippen molar-refractivity contribution in [3.8, 4) is 17.6 Å². The van der Waals surface area contributed by atoms with Gasteiger partial charge in [0.15, 0.2) is 5.82 Å². The Bertz CT molecular complexity index is 953. The number of aromatic hydroxyl groups is 1. The maximum absolute atomic E-state index is 9.63. The average molecular weight is 368 g/mol. The summed E-state index contributed by atoms with van der Waals surface area (Å²) in [6.07, 6.45) is 4.99. The second kappa shape index (κ2) is 7.70. The van der Waals surface area contributed by atoms with Gasteiger partial charge in [0.1, 0.15) is 12.4 Å². The van der Waals surface area contributed by atoms with Crippen LogP contribution < -0.4 is 16.3 Å². The smallest absolute Gasteiger partial charge is 0.318 e. The van der Waals surface area contributed by atoms with Crippen LogP contribution >= 0.6 is 0 Å². The van der Waals surface area contributed by atoms with Crippen LogP contribution in [0.15, 0.2) is 48.6 Å². The molecule has 0 saturated heterocycles. The summed E-state index contributed by atoms with van der Waals surface area (Å²) in [6.45, 7) is 1.71. The molecule has 0 aliphatic rings. The lowest BCUT2D eigenvalue weighted by Gasteiger charge is -2.19. The second-order valence-electron chi connectivity index (χ2n) is 5.71. The number of nitrogens with two attached hydrogens (primary N) is 2. The zero-order chi connectivity index (χ0) is 19.4. The fraction of sp³-hybridized carbons (Fsp3) is 0.176. The minimum Gasteiger partial charge on any atom is -0.506 e. The van der Waals surface area contributed by atoms with Gasteiger partial charge in [0.2, 0.25) is 0 Å². The molecule has 3 aromatic heterocycles. The fourth-order valence-corrected chi connectivity index (χ4v) is 2.29. The van der Waals surface area contributed by atoms with Gasteiger partial charge < -0.3 is 20.6 Å². The number of rotatable bonds is 6. The topological polar surface area (TPSA) is 141 Å². The van der Waals surface area contributed by atoms with Gasteiger partial charge in [-0.3, -0.25) is 0 Å². The molecule has 0 aliphatic carbocycles. The Morgan fingerprint density at radius 2 is 2.07 bits per heavy atom. The molecule has 0 spiro atoms. The molecule has 5 N–H and O–H groups in total. The highest BCUT2D eigenvalue weighted by atomic mass is 16.5. The minimum absolute atomic E-state index is 0.0308. The van der Waals surface area contributed by atoms with Gasteiger partial charge in [-0.1, -0.05) is 0 Å². The summed E-state index contributed by atoms with van der Waals surface area (Å²) in [7, 11) is 1.64. The molecule has 27 heavy (non-hydrogen) atoms. The molecule has 10 heteroatoms. The summed E-state index contributed by atoms with van der Waals surface area (Å²) in [6, 6.07) is 6.79.